The van der Waals surface area contributed by atoms with Crippen molar-refractivity contribution in [2.75, 3.05) is 0 Å². The zero-order valence-electron chi connectivity index (χ0n) is 11.7. The minimum absolute atomic E-state index is 0.0309. The van der Waals surface area contributed by atoms with Gasteiger partial charge in [-0.2, -0.15) is 5.10 Å². The van der Waals surface area contributed by atoms with Gasteiger partial charge in [0.05, 0.1) is 22.5 Å². The third kappa shape index (κ3) is 2.91. The van der Waals surface area contributed by atoms with E-state index in [1.165, 1.54) is 5.56 Å². The quantitative estimate of drug-likeness (QED) is 0.652. The van der Waals surface area contributed by atoms with Crippen molar-refractivity contribution >= 4 is 27.5 Å². The molecular weight excluding hydrogens is 340 g/mol. The van der Waals surface area contributed by atoms with Crippen LogP contribution in [0.1, 0.15) is 28.6 Å². The maximum atomic E-state index is 6.31. The second-order valence-electron chi connectivity index (χ2n) is 4.87. The number of hydrazine groups is 1. The summed E-state index contributed by atoms with van der Waals surface area (Å²) in [5, 5.41) is 5.04. The molecule has 0 bridgehead atoms. The Bertz CT molecular complexity index is 624. The standard InChI is InChI=1S/C14H18BrClN4/c1-8-5-4-6-10(13(8)15)11(18-17)7-12-14(16)9(2)19-20(12)3/h4-6,11,18H,7,17H2,1-3H3. The van der Waals surface area contributed by atoms with Gasteiger partial charge in [0.25, 0.3) is 0 Å². The Morgan fingerprint density at radius 2 is 2.15 bits per heavy atom. The highest BCUT2D eigenvalue weighted by Crippen LogP contribution is 2.30. The van der Waals surface area contributed by atoms with Crippen molar-refractivity contribution in [3.05, 3.63) is 50.2 Å². The highest BCUT2D eigenvalue weighted by molar-refractivity contribution is 9.10. The van der Waals surface area contributed by atoms with Gasteiger partial charge in [-0.25, -0.2) is 0 Å². The van der Waals surface area contributed by atoms with Crippen LogP contribution in [0.25, 0.3) is 0 Å². The van der Waals surface area contributed by atoms with Gasteiger partial charge in [-0.3, -0.25) is 16.0 Å². The number of aromatic nitrogens is 2. The smallest absolute Gasteiger partial charge is 0.0847 e. The molecule has 0 saturated carbocycles. The zero-order valence-corrected chi connectivity index (χ0v) is 14.1. The molecule has 1 aromatic carbocycles. The average Bonchev–Trinajstić information content (AvgIpc) is 2.65. The fraction of sp³-hybridized carbons (Fsp3) is 0.357. The average molecular weight is 358 g/mol. The molecule has 4 nitrogen and oxygen atoms in total. The minimum Gasteiger partial charge on any atom is -0.271 e. The Labute approximate surface area is 132 Å². The van der Waals surface area contributed by atoms with Gasteiger partial charge >= 0.3 is 0 Å². The monoisotopic (exact) mass is 356 g/mol. The van der Waals surface area contributed by atoms with Crippen LogP contribution >= 0.6 is 27.5 Å². The molecule has 2 aromatic rings. The second kappa shape index (κ2) is 6.26. The number of nitrogens with two attached hydrogens (primary N) is 1. The zero-order chi connectivity index (χ0) is 14.9. The third-order valence-electron chi connectivity index (χ3n) is 3.46. The minimum atomic E-state index is -0.0309. The van der Waals surface area contributed by atoms with E-state index in [-0.39, 0.29) is 6.04 Å². The molecule has 1 heterocycles. The van der Waals surface area contributed by atoms with Gasteiger partial charge in [-0.15, -0.1) is 0 Å². The van der Waals surface area contributed by atoms with Crippen molar-refractivity contribution in [3.8, 4) is 0 Å². The molecule has 0 aliphatic rings. The number of hydrogen-bond acceptors (Lipinski definition) is 3. The summed E-state index contributed by atoms with van der Waals surface area (Å²) in [6, 6.07) is 6.10. The van der Waals surface area contributed by atoms with Gasteiger partial charge in [0.1, 0.15) is 0 Å². The van der Waals surface area contributed by atoms with Crippen molar-refractivity contribution in [1.82, 2.24) is 15.2 Å². The number of aryl methyl sites for hydroxylation is 3. The first-order chi connectivity index (χ1) is 9.45. The van der Waals surface area contributed by atoms with Crippen molar-refractivity contribution < 1.29 is 0 Å². The molecule has 0 saturated heterocycles. The maximum Gasteiger partial charge on any atom is 0.0847 e. The van der Waals surface area contributed by atoms with Crippen molar-refractivity contribution in [2.24, 2.45) is 12.9 Å². The van der Waals surface area contributed by atoms with Crippen molar-refractivity contribution in [2.45, 2.75) is 26.3 Å². The molecule has 1 unspecified atom stereocenters. The summed E-state index contributed by atoms with van der Waals surface area (Å²) in [7, 11) is 1.90. The molecule has 0 aliphatic heterocycles. The van der Waals surface area contributed by atoms with Crippen LogP contribution in [0.15, 0.2) is 22.7 Å². The summed E-state index contributed by atoms with van der Waals surface area (Å²) in [6.45, 7) is 3.96. The van der Waals surface area contributed by atoms with Crippen molar-refractivity contribution in [1.29, 1.82) is 0 Å². The number of nitrogens with one attached hydrogen (secondary N) is 1. The molecule has 2 rings (SSSR count). The van der Waals surface area contributed by atoms with Crippen LogP contribution in [0.2, 0.25) is 5.02 Å². The Morgan fingerprint density at radius 1 is 1.45 bits per heavy atom. The summed E-state index contributed by atoms with van der Waals surface area (Å²) in [4.78, 5) is 0. The van der Waals surface area contributed by atoms with Gasteiger partial charge in [0, 0.05) is 17.9 Å². The fourth-order valence-electron chi connectivity index (χ4n) is 2.29. The van der Waals surface area contributed by atoms with E-state index >= 15 is 0 Å². The number of nitrogens with zero attached hydrogens (tertiary/aromatic N) is 2. The van der Waals surface area contributed by atoms with Crippen LogP contribution in [0.3, 0.4) is 0 Å². The van der Waals surface area contributed by atoms with Gasteiger partial charge in [0.15, 0.2) is 0 Å². The summed E-state index contributed by atoms with van der Waals surface area (Å²) >= 11 is 9.94. The summed E-state index contributed by atoms with van der Waals surface area (Å²) in [6.07, 6.45) is 0.675. The summed E-state index contributed by atoms with van der Waals surface area (Å²) in [5.74, 6) is 5.73. The highest BCUT2D eigenvalue weighted by Gasteiger charge is 2.19. The van der Waals surface area contributed by atoms with Gasteiger partial charge in [0.2, 0.25) is 0 Å². The number of hydrogen-bond donors (Lipinski definition) is 2. The molecule has 3 N–H and O–H groups in total. The molecule has 108 valence electrons. The van der Waals surface area contributed by atoms with E-state index in [0.717, 1.165) is 21.4 Å². The number of rotatable bonds is 4. The van der Waals surface area contributed by atoms with Gasteiger partial charge < -0.3 is 0 Å². The van der Waals surface area contributed by atoms with Crippen molar-refractivity contribution in [3.63, 3.8) is 0 Å². The van der Waals surface area contributed by atoms with Crippen LogP contribution in [-0.4, -0.2) is 9.78 Å². The lowest BCUT2D eigenvalue weighted by atomic mass is 10.0. The van der Waals surface area contributed by atoms with Gasteiger partial charge in [-0.1, -0.05) is 45.7 Å². The topological polar surface area (TPSA) is 55.9 Å². The Kier molecular flexibility index (Phi) is 4.86. The first-order valence-corrected chi connectivity index (χ1v) is 7.52. The van der Waals surface area contributed by atoms with E-state index < -0.39 is 0 Å². The van der Waals surface area contributed by atoms with Gasteiger partial charge in [-0.05, 0) is 25.0 Å². The predicted molar refractivity (Wildman–Crippen MR) is 85.6 cm³/mol. The lowest BCUT2D eigenvalue weighted by Crippen LogP contribution is -2.30. The largest absolute Gasteiger partial charge is 0.271 e. The van der Waals surface area contributed by atoms with Crippen LogP contribution in [-0.2, 0) is 13.5 Å². The lowest BCUT2D eigenvalue weighted by Gasteiger charge is -2.19. The lowest BCUT2D eigenvalue weighted by molar-refractivity contribution is 0.528. The van der Waals surface area contributed by atoms with E-state index in [0.29, 0.717) is 11.4 Å². The number of benzene rings is 1. The third-order valence-corrected chi connectivity index (χ3v) is 5.03. The first kappa shape index (κ1) is 15.5. The van der Waals surface area contributed by atoms with Crippen LogP contribution in [0.5, 0.6) is 0 Å². The molecule has 1 atom stereocenters. The van der Waals surface area contributed by atoms with Crippen LogP contribution in [0.4, 0.5) is 0 Å². The molecule has 6 heteroatoms. The highest BCUT2D eigenvalue weighted by atomic mass is 79.9. The molecule has 1 aromatic heterocycles. The Balaban J connectivity index is 2.36. The summed E-state index contributed by atoms with van der Waals surface area (Å²) in [5.41, 5.74) is 6.97. The molecule has 0 radical (unpaired) electrons. The van der Waals surface area contributed by atoms with Crippen LogP contribution < -0.4 is 11.3 Å². The Morgan fingerprint density at radius 3 is 2.70 bits per heavy atom. The first-order valence-electron chi connectivity index (χ1n) is 6.34. The molecule has 0 aliphatic carbocycles. The van der Waals surface area contributed by atoms with E-state index in [1.807, 2.05) is 24.7 Å². The fourth-order valence-corrected chi connectivity index (χ4v) is 3.07. The number of halogens is 2. The van der Waals surface area contributed by atoms with E-state index in [4.69, 9.17) is 17.4 Å². The van der Waals surface area contributed by atoms with Crippen LogP contribution in [0, 0.1) is 13.8 Å². The normalized spacial score (nSPS) is 12.7. The van der Waals surface area contributed by atoms with E-state index in [1.54, 1.807) is 0 Å². The molecule has 20 heavy (non-hydrogen) atoms. The predicted octanol–water partition coefficient (Wildman–Crippen LogP) is 3.20. The Hall–Kier alpha value is -0.880. The van der Waals surface area contributed by atoms with E-state index in [9.17, 15) is 0 Å². The summed E-state index contributed by atoms with van der Waals surface area (Å²) < 4.78 is 2.88. The SMILES string of the molecule is Cc1cccc(C(Cc2c(Cl)c(C)nn2C)NN)c1Br. The molecule has 0 amide bonds. The maximum absolute atomic E-state index is 6.31. The van der Waals surface area contributed by atoms with E-state index in [2.05, 4.69) is 45.5 Å². The molecule has 0 fully saturated rings. The molecular formula is C14H18BrClN4. The molecule has 0 spiro atoms. The second-order valence-corrected chi connectivity index (χ2v) is 6.04.